The van der Waals surface area contributed by atoms with Crippen LogP contribution in [0, 0.1) is 5.95 Å². The van der Waals surface area contributed by atoms with Gasteiger partial charge >= 0.3 is 12.0 Å². The topological polar surface area (TPSA) is 132 Å². The Hall–Kier alpha value is -4.54. The molecular formula is C26H26FN3O7. The maximum atomic E-state index is 14.1. The fourth-order valence-electron chi connectivity index (χ4n) is 4.25. The Morgan fingerprint density at radius 3 is 2.54 bits per heavy atom. The smallest absolute Gasteiger partial charge is 0.341 e. The van der Waals surface area contributed by atoms with E-state index in [0.29, 0.717) is 34.8 Å². The van der Waals surface area contributed by atoms with E-state index in [1.165, 1.54) is 32.7 Å². The van der Waals surface area contributed by atoms with Gasteiger partial charge in [0.2, 0.25) is 11.7 Å². The van der Waals surface area contributed by atoms with E-state index in [9.17, 15) is 14.0 Å². The highest BCUT2D eigenvalue weighted by molar-refractivity contribution is 5.82. The van der Waals surface area contributed by atoms with Crippen LogP contribution < -0.4 is 24.8 Å². The van der Waals surface area contributed by atoms with Crippen molar-refractivity contribution in [2.75, 3.05) is 20.8 Å². The molecule has 0 spiro atoms. The molecule has 0 bridgehead atoms. The molecule has 2 heterocycles. The Balaban J connectivity index is 1.62. The van der Waals surface area contributed by atoms with E-state index in [0.717, 1.165) is 16.7 Å². The number of pyridine rings is 1. The molecule has 0 saturated carbocycles. The minimum absolute atomic E-state index is 0.171. The standard InChI is InChI=1S/C26H26FN3O7/c1-14-17(7-15-8-20(34-2)25(21(9-15)35-3)37-13-23(31)32)19-12-28-22(27)10-18(19)24(14)30-26(33)29-11-16-5-4-6-36-16/h4-6,8-10,12,24H,7,11,13H2,1-3H3,(H,31,32)(H2,29,30,33). The SMILES string of the molecule is COc1cc(CC2=C(C)C(NC(=O)NCc3ccco3)c3cc(F)ncc32)cc(OC)c1OCC(=O)O. The number of urea groups is 1. The van der Waals surface area contributed by atoms with Gasteiger partial charge in [-0.3, -0.25) is 0 Å². The van der Waals surface area contributed by atoms with Crippen molar-refractivity contribution in [3.05, 3.63) is 76.8 Å². The normalized spacial score (nSPS) is 14.2. The number of amides is 2. The highest BCUT2D eigenvalue weighted by Crippen LogP contribution is 2.44. The number of furan rings is 1. The number of carbonyl (C=O) groups excluding carboxylic acids is 1. The lowest BCUT2D eigenvalue weighted by Gasteiger charge is -2.17. The Bertz CT molecular complexity index is 1310. The van der Waals surface area contributed by atoms with Crippen molar-refractivity contribution in [3.8, 4) is 17.2 Å². The predicted octanol–water partition coefficient (Wildman–Crippen LogP) is 3.86. The number of carbonyl (C=O) groups is 2. The first-order valence-corrected chi connectivity index (χ1v) is 11.3. The monoisotopic (exact) mass is 511 g/mol. The highest BCUT2D eigenvalue weighted by Gasteiger charge is 2.31. The third-order valence-corrected chi connectivity index (χ3v) is 5.97. The summed E-state index contributed by atoms with van der Waals surface area (Å²) in [5, 5.41) is 14.6. The number of aromatic nitrogens is 1. The second-order valence-electron chi connectivity index (χ2n) is 8.28. The number of fused-ring (bicyclic) bond motifs is 1. The van der Waals surface area contributed by atoms with Crippen LogP contribution in [0.2, 0.25) is 0 Å². The zero-order valence-corrected chi connectivity index (χ0v) is 20.5. The van der Waals surface area contributed by atoms with Gasteiger partial charge in [-0.2, -0.15) is 4.39 Å². The van der Waals surface area contributed by atoms with Gasteiger partial charge in [0.15, 0.2) is 18.1 Å². The van der Waals surface area contributed by atoms with E-state index in [4.69, 9.17) is 23.7 Å². The zero-order valence-electron chi connectivity index (χ0n) is 20.5. The third kappa shape index (κ3) is 5.66. The van der Waals surface area contributed by atoms with Crippen LogP contribution in [0.5, 0.6) is 17.2 Å². The zero-order chi connectivity index (χ0) is 26.5. The molecule has 0 radical (unpaired) electrons. The van der Waals surface area contributed by atoms with Crippen LogP contribution in [0.15, 0.2) is 52.8 Å². The molecule has 2 amide bonds. The van der Waals surface area contributed by atoms with Crippen molar-refractivity contribution in [1.29, 1.82) is 0 Å². The molecule has 194 valence electrons. The number of ether oxygens (including phenoxy) is 3. The number of nitrogens with zero attached hydrogens (tertiary/aromatic N) is 1. The first-order chi connectivity index (χ1) is 17.8. The fourth-order valence-corrected chi connectivity index (χ4v) is 4.25. The number of rotatable bonds is 10. The summed E-state index contributed by atoms with van der Waals surface area (Å²) in [4.78, 5) is 27.4. The molecule has 1 aromatic carbocycles. The summed E-state index contributed by atoms with van der Waals surface area (Å²) in [6.07, 6.45) is 3.35. The molecule has 1 aliphatic rings. The Morgan fingerprint density at radius 1 is 1.19 bits per heavy atom. The largest absolute Gasteiger partial charge is 0.493 e. The van der Waals surface area contributed by atoms with Crippen molar-refractivity contribution in [3.63, 3.8) is 0 Å². The molecule has 2 aromatic heterocycles. The van der Waals surface area contributed by atoms with Crippen molar-refractivity contribution >= 4 is 17.6 Å². The number of carboxylic acids is 1. The van der Waals surface area contributed by atoms with Crippen molar-refractivity contribution in [2.45, 2.75) is 25.9 Å². The van der Waals surface area contributed by atoms with E-state index in [1.54, 1.807) is 24.3 Å². The van der Waals surface area contributed by atoms with Gasteiger partial charge in [0.25, 0.3) is 0 Å². The first kappa shape index (κ1) is 25.5. The number of aliphatic carboxylic acids is 1. The maximum absolute atomic E-state index is 14.1. The summed E-state index contributed by atoms with van der Waals surface area (Å²) >= 11 is 0. The van der Waals surface area contributed by atoms with E-state index in [2.05, 4.69) is 15.6 Å². The molecule has 3 aromatic rings. The van der Waals surface area contributed by atoms with E-state index >= 15 is 0 Å². The number of hydrogen-bond donors (Lipinski definition) is 3. The average Bonchev–Trinajstić information content (AvgIpc) is 3.48. The third-order valence-electron chi connectivity index (χ3n) is 5.97. The van der Waals surface area contributed by atoms with Crippen LogP contribution in [-0.2, 0) is 17.8 Å². The van der Waals surface area contributed by atoms with E-state index in [-0.39, 0.29) is 12.3 Å². The molecule has 11 heteroatoms. The van der Waals surface area contributed by atoms with Crippen LogP contribution in [-0.4, -0.2) is 42.9 Å². The lowest BCUT2D eigenvalue weighted by atomic mass is 9.98. The number of benzene rings is 1. The second kappa shape index (κ2) is 11.0. The minimum Gasteiger partial charge on any atom is -0.493 e. The fraction of sp³-hybridized carbons (Fsp3) is 0.269. The number of nitrogens with one attached hydrogen (secondary N) is 2. The van der Waals surface area contributed by atoms with Gasteiger partial charge in [0, 0.05) is 11.8 Å². The molecular weight excluding hydrogens is 485 g/mol. The molecule has 1 atom stereocenters. The van der Waals surface area contributed by atoms with Gasteiger partial charge < -0.3 is 34.4 Å². The van der Waals surface area contributed by atoms with Crippen LogP contribution in [0.1, 0.15) is 35.4 Å². The number of hydrogen-bond acceptors (Lipinski definition) is 7. The van der Waals surface area contributed by atoms with Crippen molar-refractivity contribution in [1.82, 2.24) is 15.6 Å². The molecule has 3 N–H and O–H groups in total. The van der Waals surface area contributed by atoms with Crippen LogP contribution in [0.25, 0.3) is 5.57 Å². The summed E-state index contributed by atoms with van der Waals surface area (Å²) in [7, 11) is 2.88. The number of allylic oxidation sites excluding steroid dienone is 1. The molecule has 1 unspecified atom stereocenters. The Kier molecular flexibility index (Phi) is 7.61. The molecule has 0 fully saturated rings. The summed E-state index contributed by atoms with van der Waals surface area (Å²) < 4.78 is 35.5. The van der Waals surface area contributed by atoms with Crippen molar-refractivity contribution in [2.24, 2.45) is 0 Å². The number of halogens is 1. The van der Waals surface area contributed by atoms with Crippen LogP contribution in [0.3, 0.4) is 0 Å². The Morgan fingerprint density at radius 2 is 1.92 bits per heavy atom. The number of carboxylic acid groups (broad SMARTS) is 1. The molecule has 4 rings (SSSR count). The number of methoxy groups -OCH3 is 2. The van der Waals surface area contributed by atoms with Crippen molar-refractivity contribution < 1.29 is 37.7 Å². The highest BCUT2D eigenvalue weighted by atomic mass is 19.1. The maximum Gasteiger partial charge on any atom is 0.341 e. The van der Waals surface area contributed by atoms with Gasteiger partial charge in [0.1, 0.15) is 5.76 Å². The van der Waals surface area contributed by atoms with Gasteiger partial charge in [-0.25, -0.2) is 14.6 Å². The van der Waals surface area contributed by atoms with Gasteiger partial charge in [-0.1, -0.05) is 0 Å². The van der Waals surface area contributed by atoms with E-state index < -0.39 is 30.6 Å². The molecule has 0 aliphatic heterocycles. The lowest BCUT2D eigenvalue weighted by molar-refractivity contribution is -0.139. The summed E-state index contributed by atoms with van der Waals surface area (Å²) in [6.45, 7) is 1.51. The average molecular weight is 512 g/mol. The van der Waals surface area contributed by atoms with E-state index in [1.807, 2.05) is 6.92 Å². The van der Waals surface area contributed by atoms with Gasteiger partial charge in [0.05, 0.1) is 33.1 Å². The summed E-state index contributed by atoms with van der Waals surface area (Å²) in [6, 6.07) is 7.21. The molecule has 1 aliphatic carbocycles. The van der Waals surface area contributed by atoms with Gasteiger partial charge in [-0.05, 0) is 65.9 Å². The molecule has 10 nitrogen and oxygen atoms in total. The predicted molar refractivity (Wildman–Crippen MR) is 130 cm³/mol. The minimum atomic E-state index is -1.14. The molecule has 37 heavy (non-hydrogen) atoms. The van der Waals surface area contributed by atoms with Crippen LogP contribution >= 0.6 is 0 Å². The Labute approximate surface area is 212 Å². The lowest BCUT2D eigenvalue weighted by Crippen LogP contribution is -2.37. The van der Waals surface area contributed by atoms with Crippen LogP contribution in [0.4, 0.5) is 9.18 Å². The summed E-state index contributed by atoms with van der Waals surface area (Å²) in [5.74, 6) is -0.413. The molecule has 0 saturated heterocycles. The quantitative estimate of drug-likeness (QED) is 0.350. The second-order valence-corrected chi connectivity index (χ2v) is 8.28. The summed E-state index contributed by atoms with van der Waals surface area (Å²) in [5.41, 5.74) is 3.73. The first-order valence-electron chi connectivity index (χ1n) is 11.3. The van der Waals surface area contributed by atoms with Gasteiger partial charge in [-0.15, -0.1) is 0 Å².